The molecule has 2 heterocycles. The number of aromatic nitrogens is 2. The first-order chi connectivity index (χ1) is 11.0. The molecule has 0 saturated heterocycles. The van der Waals surface area contributed by atoms with Crippen LogP contribution < -0.4 is 5.32 Å². The second-order valence-corrected chi connectivity index (χ2v) is 7.63. The molecular formula is C17H17N3OS2. The SMILES string of the molecule is Cc1ccc(NC(=O)C(C)Sc2ncnc3ccsc23)c(C)c1. The number of hydrogen-bond donors (Lipinski definition) is 1. The van der Waals surface area contributed by atoms with E-state index in [9.17, 15) is 4.79 Å². The van der Waals surface area contributed by atoms with Gasteiger partial charge < -0.3 is 5.32 Å². The van der Waals surface area contributed by atoms with Crippen molar-refractivity contribution in [2.24, 2.45) is 0 Å². The number of benzene rings is 1. The van der Waals surface area contributed by atoms with Crippen LogP contribution in [0, 0.1) is 13.8 Å². The maximum absolute atomic E-state index is 12.5. The predicted octanol–water partition coefficient (Wildman–Crippen LogP) is 4.43. The molecule has 23 heavy (non-hydrogen) atoms. The van der Waals surface area contributed by atoms with Gasteiger partial charge in [0.2, 0.25) is 5.91 Å². The van der Waals surface area contributed by atoms with Crippen molar-refractivity contribution in [1.29, 1.82) is 0 Å². The molecule has 1 amide bonds. The number of anilines is 1. The number of amides is 1. The number of aryl methyl sites for hydroxylation is 2. The fourth-order valence-electron chi connectivity index (χ4n) is 2.26. The minimum absolute atomic E-state index is 0.0229. The number of nitrogens with one attached hydrogen (secondary N) is 1. The first-order valence-corrected chi connectivity index (χ1v) is 9.03. The van der Waals surface area contributed by atoms with Crippen LogP contribution in [0.5, 0.6) is 0 Å². The van der Waals surface area contributed by atoms with Crippen LogP contribution in [0.3, 0.4) is 0 Å². The Balaban J connectivity index is 1.74. The summed E-state index contributed by atoms with van der Waals surface area (Å²) in [5.41, 5.74) is 4.04. The van der Waals surface area contributed by atoms with Crippen molar-refractivity contribution >= 4 is 44.9 Å². The van der Waals surface area contributed by atoms with Gasteiger partial charge in [-0.2, -0.15) is 0 Å². The molecule has 0 fully saturated rings. The van der Waals surface area contributed by atoms with Crippen LogP contribution in [0.1, 0.15) is 18.1 Å². The van der Waals surface area contributed by atoms with Gasteiger partial charge in [-0.05, 0) is 43.8 Å². The minimum atomic E-state index is -0.240. The molecule has 1 aromatic carbocycles. The molecule has 0 bridgehead atoms. The van der Waals surface area contributed by atoms with Crippen molar-refractivity contribution in [3.05, 3.63) is 47.1 Å². The third kappa shape index (κ3) is 3.54. The Morgan fingerprint density at radius 3 is 2.87 bits per heavy atom. The molecule has 3 aromatic rings. The Morgan fingerprint density at radius 2 is 2.09 bits per heavy atom. The fraction of sp³-hybridized carbons (Fsp3) is 0.235. The second-order valence-electron chi connectivity index (χ2n) is 5.38. The van der Waals surface area contributed by atoms with E-state index in [-0.39, 0.29) is 11.2 Å². The summed E-state index contributed by atoms with van der Waals surface area (Å²) in [7, 11) is 0. The van der Waals surface area contributed by atoms with Crippen LogP contribution >= 0.6 is 23.1 Å². The summed E-state index contributed by atoms with van der Waals surface area (Å²) in [6.45, 7) is 5.93. The normalized spacial score (nSPS) is 12.3. The largest absolute Gasteiger partial charge is 0.325 e. The summed E-state index contributed by atoms with van der Waals surface area (Å²) in [6.07, 6.45) is 1.55. The summed E-state index contributed by atoms with van der Waals surface area (Å²) in [5.74, 6) is -0.0229. The maximum atomic E-state index is 12.5. The van der Waals surface area contributed by atoms with E-state index in [1.54, 1.807) is 17.7 Å². The molecule has 0 radical (unpaired) electrons. The monoisotopic (exact) mass is 343 g/mol. The molecule has 1 unspecified atom stereocenters. The van der Waals surface area contributed by atoms with E-state index < -0.39 is 0 Å². The van der Waals surface area contributed by atoms with E-state index in [2.05, 4.69) is 21.4 Å². The number of nitrogens with zero attached hydrogens (tertiary/aromatic N) is 2. The average molecular weight is 343 g/mol. The van der Waals surface area contributed by atoms with E-state index in [1.165, 1.54) is 17.3 Å². The van der Waals surface area contributed by atoms with Crippen molar-refractivity contribution in [3.8, 4) is 0 Å². The quantitative estimate of drug-likeness (QED) is 0.562. The van der Waals surface area contributed by atoms with Crippen LogP contribution in [0.15, 0.2) is 41.0 Å². The van der Waals surface area contributed by atoms with Crippen molar-refractivity contribution in [3.63, 3.8) is 0 Å². The summed E-state index contributed by atoms with van der Waals surface area (Å²) in [6, 6.07) is 7.97. The summed E-state index contributed by atoms with van der Waals surface area (Å²) in [5, 5.41) is 5.60. The lowest BCUT2D eigenvalue weighted by Gasteiger charge is -2.13. The number of fused-ring (bicyclic) bond motifs is 1. The fourth-order valence-corrected chi connectivity index (χ4v) is 4.10. The highest BCUT2D eigenvalue weighted by molar-refractivity contribution is 8.00. The minimum Gasteiger partial charge on any atom is -0.325 e. The van der Waals surface area contributed by atoms with E-state index >= 15 is 0 Å². The number of hydrogen-bond acceptors (Lipinski definition) is 5. The van der Waals surface area contributed by atoms with Crippen LogP contribution in [0.2, 0.25) is 0 Å². The maximum Gasteiger partial charge on any atom is 0.237 e. The Bertz CT molecular complexity index is 860. The molecule has 6 heteroatoms. The Labute approximate surface area is 143 Å². The molecule has 0 aliphatic heterocycles. The standard InChI is InChI=1S/C17H17N3OS2/c1-10-4-5-13(11(2)8-10)20-16(21)12(3)23-17-15-14(6-7-22-15)18-9-19-17/h4-9,12H,1-3H3,(H,20,21). The summed E-state index contributed by atoms with van der Waals surface area (Å²) < 4.78 is 1.03. The van der Waals surface area contributed by atoms with Gasteiger partial charge in [0.25, 0.3) is 0 Å². The third-order valence-electron chi connectivity index (χ3n) is 3.51. The molecule has 118 valence electrons. The van der Waals surface area contributed by atoms with Gasteiger partial charge in [0.05, 0.1) is 15.5 Å². The molecule has 3 rings (SSSR count). The molecular weight excluding hydrogens is 326 g/mol. The number of carbonyl (C=O) groups excluding carboxylic acids is 1. The van der Waals surface area contributed by atoms with Gasteiger partial charge >= 0.3 is 0 Å². The molecule has 1 N–H and O–H groups in total. The lowest BCUT2D eigenvalue weighted by molar-refractivity contribution is -0.115. The van der Waals surface area contributed by atoms with Crippen molar-refractivity contribution < 1.29 is 4.79 Å². The molecule has 0 saturated carbocycles. The first-order valence-electron chi connectivity index (χ1n) is 7.27. The van der Waals surface area contributed by atoms with E-state index in [1.807, 2.05) is 44.4 Å². The molecule has 2 aromatic heterocycles. The summed E-state index contributed by atoms with van der Waals surface area (Å²) >= 11 is 3.06. The number of thiophene rings is 1. The Hall–Kier alpha value is -1.92. The van der Waals surface area contributed by atoms with Gasteiger partial charge in [-0.1, -0.05) is 29.5 Å². The van der Waals surface area contributed by atoms with Crippen LogP contribution in [-0.4, -0.2) is 21.1 Å². The Kier molecular flexibility index (Phi) is 4.63. The highest BCUT2D eigenvalue weighted by Crippen LogP contribution is 2.31. The zero-order valence-electron chi connectivity index (χ0n) is 13.2. The average Bonchev–Trinajstić information content (AvgIpc) is 2.99. The van der Waals surface area contributed by atoms with Crippen LogP contribution in [0.25, 0.3) is 10.2 Å². The summed E-state index contributed by atoms with van der Waals surface area (Å²) in [4.78, 5) is 21.0. The predicted molar refractivity (Wildman–Crippen MR) is 97.3 cm³/mol. The van der Waals surface area contributed by atoms with Gasteiger partial charge in [0.15, 0.2) is 0 Å². The third-order valence-corrected chi connectivity index (χ3v) is 5.65. The lowest BCUT2D eigenvalue weighted by atomic mass is 10.1. The zero-order valence-corrected chi connectivity index (χ0v) is 14.8. The first kappa shape index (κ1) is 16.0. The number of rotatable bonds is 4. The van der Waals surface area contributed by atoms with Gasteiger partial charge in [0, 0.05) is 5.69 Å². The smallest absolute Gasteiger partial charge is 0.237 e. The van der Waals surface area contributed by atoms with Crippen molar-refractivity contribution in [2.45, 2.75) is 31.0 Å². The molecule has 1 atom stereocenters. The highest BCUT2D eigenvalue weighted by atomic mass is 32.2. The van der Waals surface area contributed by atoms with Gasteiger partial charge in [0.1, 0.15) is 11.4 Å². The van der Waals surface area contributed by atoms with Crippen molar-refractivity contribution in [2.75, 3.05) is 5.32 Å². The Morgan fingerprint density at radius 1 is 1.26 bits per heavy atom. The van der Waals surface area contributed by atoms with Crippen LogP contribution in [-0.2, 0) is 4.79 Å². The molecule has 4 nitrogen and oxygen atoms in total. The van der Waals surface area contributed by atoms with Gasteiger partial charge in [-0.25, -0.2) is 9.97 Å². The zero-order chi connectivity index (χ0) is 16.4. The highest BCUT2D eigenvalue weighted by Gasteiger charge is 2.18. The molecule has 0 aliphatic carbocycles. The van der Waals surface area contributed by atoms with Crippen LogP contribution in [0.4, 0.5) is 5.69 Å². The van der Waals surface area contributed by atoms with Gasteiger partial charge in [-0.3, -0.25) is 4.79 Å². The molecule has 0 spiro atoms. The number of thioether (sulfide) groups is 1. The second kappa shape index (κ2) is 6.68. The topological polar surface area (TPSA) is 54.9 Å². The van der Waals surface area contributed by atoms with E-state index in [4.69, 9.17) is 0 Å². The molecule has 0 aliphatic rings. The number of carbonyl (C=O) groups is 1. The van der Waals surface area contributed by atoms with E-state index in [0.29, 0.717) is 0 Å². The van der Waals surface area contributed by atoms with Crippen molar-refractivity contribution in [1.82, 2.24) is 9.97 Å². The van der Waals surface area contributed by atoms with E-state index in [0.717, 1.165) is 26.5 Å². The lowest BCUT2D eigenvalue weighted by Crippen LogP contribution is -2.23. The van der Waals surface area contributed by atoms with Gasteiger partial charge in [-0.15, -0.1) is 11.3 Å².